The molecule has 19 heavy (non-hydrogen) atoms. The van der Waals surface area contributed by atoms with Gasteiger partial charge in [0.05, 0.1) is 0 Å². The fourth-order valence-electron chi connectivity index (χ4n) is 1.40. The van der Waals surface area contributed by atoms with E-state index in [1.165, 1.54) is 17.7 Å². The van der Waals surface area contributed by atoms with Gasteiger partial charge < -0.3 is 4.79 Å². The predicted octanol–water partition coefficient (Wildman–Crippen LogP) is 4.17. The van der Waals surface area contributed by atoms with Gasteiger partial charge in [0, 0.05) is 6.42 Å². The van der Waals surface area contributed by atoms with E-state index in [2.05, 4.69) is 0 Å². The molecule has 3 heteroatoms. The molecule has 0 amide bonds. The number of benzene rings is 2. The fraction of sp³-hybridized carbons (Fsp3) is 0.188. The van der Waals surface area contributed by atoms with Crippen molar-refractivity contribution < 1.29 is 13.6 Å². The van der Waals surface area contributed by atoms with E-state index in [1.54, 1.807) is 6.92 Å². The minimum Gasteiger partial charge on any atom is -0.300 e. The zero-order chi connectivity index (χ0) is 14.1. The molecule has 100 valence electrons. The Labute approximate surface area is 111 Å². The average Bonchev–Trinajstić information content (AvgIpc) is 2.42. The Morgan fingerprint density at radius 1 is 0.895 bits per heavy atom. The van der Waals surface area contributed by atoms with Crippen LogP contribution >= 0.6 is 0 Å². The van der Waals surface area contributed by atoms with Gasteiger partial charge in [-0.25, -0.2) is 8.78 Å². The smallest absolute Gasteiger partial charge is 0.158 e. The number of aryl methyl sites for hydroxylation is 1. The van der Waals surface area contributed by atoms with Gasteiger partial charge in [0.15, 0.2) is 11.6 Å². The van der Waals surface area contributed by atoms with Crippen LogP contribution in [-0.2, 0) is 11.2 Å². The highest BCUT2D eigenvalue weighted by atomic mass is 19.2. The number of hydrogen-bond donors (Lipinski definition) is 0. The summed E-state index contributed by atoms with van der Waals surface area (Å²) < 4.78 is 23.9. The van der Waals surface area contributed by atoms with Crippen LogP contribution in [0.5, 0.6) is 0 Å². The van der Waals surface area contributed by atoms with Crippen LogP contribution in [0, 0.1) is 11.6 Å². The van der Waals surface area contributed by atoms with Gasteiger partial charge >= 0.3 is 0 Å². The van der Waals surface area contributed by atoms with Crippen molar-refractivity contribution in [2.75, 3.05) is 0 Å². The summed E-state index contributed by atoms with van der Waals surface area (Å²) in [6, 6.07) is 15.1. The molecule has 0 aliphatic rings. The van der Waals surface area contributed by atoms with E-state index in [9.17, 15) is 13.6 Å². The van der Waals surface area contributed by atoms with Crippen molar-refractivity contribution >= 4 is 5.78 Å². The number of carbonyl (C=O) groups excluding carboxylic acids is 1. The second-order valence-corrected chi connectivity index (χ2v) is 4.10. The lowest BCUT2D eigenvalue weighted by molar-refractivity contribution is -0.116. The summed E-state index contributed by atoms with van der Waals surface area (Å²) in [5, 5.41) is 0. The number of hydrogen-bond acceptors (Lipinski definition) is 1. The first-order valence-corrected chi connectivity index (χ1v) is 6.03. The Bertz CT molecular complexity index is 488. The van der Waals surface area contributed by atoms with Crippen molar-refractivity contribution in [3.8, 4) is 0 Å². The van der Waals surface area contributed by atoms with Gasteiger partial charge in [-0.1, -0.05) is 42.5 Å². The molecule has 0 fully saturated rings. The molecule has 0 aromatic heterocycles. The van der Waals surface area contributed by atoms with Crippen LogP contribution in [0.1, 0.15) is 18.9 Å². The van der Waals surface area contributed by atoms with Crippen LogP contribution in [0.15, 0.2) is 54.6 Å². The van der Waals surface area contributed by atoms with Crippen molar-refractivity contribution in [1.29, 1.82) is 0 Å². The molecule has 0 heterocycles. The van der Waals surface area contributed by atoms with Gasteiger partial charge in [0.1, 0.15) is 5.78 Å². The van der Waals surface area contributed by atoms with Gasteiger partial charge in [-0.3, -0.25) is 0 Å². The predicted molar refractivity (Wildman–Crippen MR) is 71.8 cm³/mol. The van der Waals surface area contributed by atoms with Gasteiger partial charge in [0.2, 0.25) is 0 Å². The zero-order valence-corrected chi connectivity index (χ0v) is 10.8. The van der Waals surface area contributed by atoms with Gasteiger partial charge in [-0.2, -0.15) is 0 Å². The molecule has 0 radical (unpaired) electrons. The molecule has 0 aliphatic heterocycles. The second kappa shape index (κ2) is 8.14. The molecular weight excluding hydrogens is 246 g/mol. The van der Waals surface area contributed by atoms with Crippen LogP contribution < -0.4 is 0 Å². The third-order valence-electron chi connectivity index (χ3n) is 2.43. The standard InChI is InChI=1S/C10H12O.C6H4F2/c1-9(11)7-8-10-5-3-2-4-6-10;7-5-3-1-2-4-6(5)8/h2-6H,7-8H2,1H3;1-4H. The quantitative estimate of drug-likeness (QED) is 0.811. The Morgan fingerprint density at radius 3 is 1.79 bits per heavy atom. The summed E-state index contributed by atoms with van der Waals surface area (Å²) in [6.45, 7) is 1.63. The maximum Gasteiger partial charge on any atom is 0.158 e. The fourth-order valence-corrected chi connectivity index (χ4v) is 1.40. The summed E-state index contributed by atoms with van der Waals surface area (Å²) in [6.07, 6.45) is 1.53. The number of carbonyl (C=O) groups is 1. The maximum atomic E-state index is 11.9. The van der Waals surface area contributed by atoms with Crippen LogP contribution in [0.25, 0.3) is 0 Å². The van der Waals surface area contributed by atoms with Crippen molar-refractivity contribution in [1.82, 2.24) is 0 Å². The summed E-state index contributed by atoms with van der Waals surface area (Å²) in [7, 11) is 0. The first-order chi connectivity index (χ1) is 9.09. The summed E-state index contributed by atoms with van der Waals surface area (Å²) in [5.74, 6) is -1.34. The normalized spacial score (nSPS) is 9.42. The second-order valence-electron chi connectivity index (χ2n) is 4.10. The largest absolute Gasteiger partial charge is 0.300 e. The Hall–Kier alpha value is -2.03. The van der Waals surface area contributed by atoms with Crippen LogP contribution in [0.2, 0.25) is 0 Å². The minimum absolute atomic E-state index is 0.258. The van der Waals surface area contributed by atoms with Crippen molar-refractivity contribution in [3.63, 3.8) is 0 Å². The Morgan fingerprint density at radius 2 is 1.37 bits per heavy atom. The third-order valence-corrected chi connectivity index (χ3v) is 2.43. The van der Waals surface area contributed by atoms with E-state index in [4.69, 9.17) is 0 Å². The lowest BCUT2D eigenvalue weighted by Gasteiger charge is -1.96. The van der Waals surface area contributed by atoms with Crippen molar-refractivity contribution in [2.24, 2.45) is 0 Å². The molecule has 2 aromatic rings. The van der Waals surface area contributed by atoms with E-state index < -0.39 is 11.6 Å². The van der Waals surface area contributed by atoms with E-state index in [1.807, 2.05) is 30.3 Å². The lowest BCUT2D eigenvalue weighted by atomic mass is 10.1. The maximum absolute atomic E-state index is 11.9. The highest BCUT2D eigenvalue weighted by Crippen LogP contribution is 2.02. The molecule has 0 spiro atoms. The number of halogens is 2. The number of Topliss-reactive ketones (excluding diaryl/α,β-unsaturated/α-hetero) is 1. The van der Waals surface area contributed by atoms with Crippen LogP contribution in [0.3, 0.4) is 0 Å². The van der Waals surface area contributed by atoms with Gasteiger partial charge in [0.25, 0.3) is 0 Å². The van der Waals surface area contributed by atoms with Crippen LogP contribution in [-0.4, -0.2) is 5.78 Å². The molecule has 0 aliphatic carbocycles. The number of ketones is 1. The van der Waals surface area contributed by atoms with Crippen molar-refractivity contribution in [3.05, 3.63) is 71.8 Å². The lowest BCUT2D eigenvalue weighted by Crippen LogP contribution is -1.92. The van der Waals surface area contributed by atoms with Crippen LogP contribution in [0.4, 0.5) is 8.78 Å². The SMILES string of the molecule is CC(=O)CCc1ccccc1.Fc1ccccc1F. The molecule has 0 saturated heterocycles. The van der Waals surface area contributed by atoms with E-state index in [-0.39, 0.29) is 5.78 Å². The van der Waals surface area contributed by atoms with E-state index >= 15 is 0 Å². The summed E-state index contributed by atoms with van der Waals surface area (Å²) in [5.41, 5.74) is 1.24. The van der Waals surface area contributed by atoms with Gasteiger partial charge in [-0.05, 0) is 31.0 Å². The zero-order valence-electron chi connectivity index (χ0n) is 10.8. The Balaban J connectivity index is 0.000000200. The van der Waals surface area contributed by atoms with E-state index in [0.29, 0.717) is 6.42 Å². The monoisotopic (exact) mass is 262 g/mol. The molecule has 1 nitrogen and oxygen atoms in total. The minimum atomic E-state index is -0.799. The average molecular weight is 262 g/mol. The van der Waals surface area contributed by atoms with E-state index in [0.717, 1.165) is 18.6 Å². The molecule has 0 N–H and O–H groups in total. The first kappa shape index (κ1) is 15.0. The molecule has 0 bridgehead atoms. The third kappa shape index (κ3) is 6.46. The molecular formula is C16H16F2O. The topological polar surface area (TPSA) is 17.1 Å². The van der Waals surface area contributed by atoms with Crippen molar-refractivity contribution in [2.45, 2.75) is 19.8 Å². The molecule has 2 rings (SSSR count). The Kier molecular flexibility index (Phi) is 6.44. The molecule has 0 saturated carbocycles. The number of rotatable bonds is 3. The highest BCUT2D eigenvalue weighted by Gasteiger charge is 1.94. The first-order valence-electron chi connectivity index (χ1n) is 6.03. The molecule has 0 unspecified atom stereocenters. The molecule has 2 aromatic carbocycles. The van der Waals surface area contributed by atoms with Gasteiger partial charge in [-0.15, -0.1) is 0 Å². The summed E-state index contributed by atoms with van der Waals surface area (Å²) >= 11 is 0. The highest BCUT2D eigenvalue weighted by molar-refractivity contribution is 5.75. The molecule has 0 atom stereocenters. The summed E-state index contributed by atoms with van der Waals surface area (Å²) in [4.78, 5) is 10.6.